The van der Waals surface area contributed by atoms with Gasteiger partial charge in [-0.1, -0.05) is 20.8 Å². The summed E-state index contributed by atoms with van der Waals surface area (Å²) in [5.41, 5.74) is 0. The van der Waals surface area contributed by atoms with Crippen LogP contribution in [0.4, 0.5) is 0 Å². The summed E-state index contributed by atoms with van der Waals surface area (Å²) in [5, 5.41) is 3.74. The minimum Gasteiger partial charge on any atom is -0.314 e. The van der Waals surface area contributed by atoms with Gasteiger partial charge in [0.1, 0.15) is 0 Å². The SMILES string of the molecule is CCNC1CCC(C)CC1CN1CCN(C(C)CC)CC1. The number of rotatable bonds is 6. The first-order valence-electron chi connectivity index (χ1n) is 9.33. The minimum absolute atomic E-state index is 0.761. The van der Waals surface area contributed by atoms with Gasteiger partial charge in [-0.3, -0.25) is 4.90 Å². The van der Waals surface area contributed by atoms with Crippen molar-refractivity contribution in [3.8, 4) is 0 Å². The molecule has 1 aliphatic heterocycles. The maximum atomic E-state index is 3.74. The quantitative estimate of drug-likeness (QED) is 0.813. The van der Waals surface area contributed by atoms with Crippen LogP contribution in [0.2, 0.25) is 0 Å². The topological polar surface area (TPSA) is 18.5 Å². The highest BCUT2D eigenvalue weighted by Gasteiger charge is 2.30. The molecule has 0 aromatic rings. The summed E-state index contributed by atoms with van der Waals surface area (Å²) in [6.45, 7) is 16.9. The molecular formula is C18H37N3. The van der Waals surface area contributed by atoms with E-state index in [2.05, 4.69) is 42.8 Å². The Morgan fingerprint density at radius 3 is 2.43 bits per heavy atom. The van der Waals surface area contributed by atoms with Crippen molar-refractivity contribution in [2.75, 3.05) is 39.3 Å². The fourth-order valence-electron chi connectivity index (χ4n) is 4.21. The van der Waals surface area contributed by atoms with Gasteiger partial charge in [-0.05, 0) is 51.0 Å². The van der Waals surface area contributed by atoms with Crippen LogP contribution in [0.3, 0.4) is 0 Å². The van der Waals surface area contributed by atoms with Crippen molar-refractivity contribution in [1.82, 2.24) is 15.1 Å². The lowest BCUT2D eigenvalue weighted by Gasteiger charge is -2.42. The summed E-state index contributed by atoms with van der Waals surface area (Å²) in [5.74, 6) is 1.79. The molecule has 1 aliphatic carbocycles. The lowest BCUT2D eigenvalue weighted by molar-refractivity contribution is 0.0725. The Balaban J connectivity index is 1.80. The molecule has 2 fully saturated rings. The summed E-state index contributed by atoms with van der Waals surface area (Å²) in [6.07, 6.45) is 5.49. The number of hydrogen-bond donors (Lipinski definition) is 1. The number of hydrogen-bond acceptors (Lipinski definition) is 3. The highest BCUT2D eigenvalue weighted by Crippen LogP contribution is 2.30. The molecule has 2 rings (SSSR count). The molecule has 2 aliphatic rings. The predicted octanol–water partition coefficient (Wildman–Crippen LogP) is 2.82. The second-order valence-electron chi connectivity index (χ2n) is 7.44. The van der Waals surface area contributed by atoms with Crippen LogP contribution in [0, 0.1) is 11.8 Å². The first-order valence-corrected chi connectivity index (χ1v) is 9.33. The number of piperazine rings is 1. The third-order valence-electron chi connectivity index (χ3n) is 5.82. The van der Waals surface area contributed by atoms with Gasteiger partial charge in [-0.2, -0.15) is 0 Å². The molecule has 1 N–H and O–H groups in total. The largest absolute Gasteiger partial charge is 0.314 e. The second-order valence-corrected chi connectivity index (χ2v) is 7.44. The van der Waals surface area contributed by atoms with Gasteiger partial charge in [-0.15, -0.1) is 0 Å². The van der Waals surface area contributed by atoms with Gasteiger partial charge in [-0.25, -0.2) is 0 Å². The molecule has 4 atom stereocenters. The van der Waals surface area contributed by atoms with E-state index >= 15 is 0 Å². The monoisotopic (exact) mass is 295 g/mol. The second kappa shape index (κ2) is 8.50. The van der Waals surface area contributed by atoms with E-state index in [9.17, 15) is 0 Å². The van der Waals surface area contributed by atoms with E-state index in [1.807, 2.05) is 0 Å². The molecule has 1 heterocycles. The van der Waals surface area contributed by atoms with Crippen molar-refractivity contribution < 1.29 is 0 Å². The Morgan fingerprint density at radius 1 is 1.10 bits per heavy atom. The summed E-state index contributed by atoms with van der Waals surface area (Å²) in [7, 11) is 0. The lowest BCUT2D eigenvalue weighted by Crippen LogP contribution is -2.53. The fourth-order valence-corrected chi connectivity index (χ4v) is 4.21. The van der Waals surface area contributed by atoms with Crippen LogP contribution in [0.25, 0.3) is 0 Å². The zero-order valence-corrected chi connectivity index (χ0v) is 14.8. The summed E-state index contributed by atoms with van der Waals surface area (Å²) < 4.78 is 0. The highest BCUT2D eigenvalue weighted by molar-refractivity contribution is 4.87. The van der Waals surface area contributed by atoms with Crippen molar-refractivity contribution in [3.05, 3.63) is 0 Å². The molecule has 0 aromatic heterocycles. The molecule has 0 amide bonds. The maximum absolute atomic E-state index is 3.74. The Hall–Kier alpha value is -0.120. The summed E-state index contributed by atoms with van der Waals surface area (Å²) >= 11 is 0. The molecule has 0 aromatic carbocycles. The van der Waals surface area contributed by atoms with Gasteiger partial charge in [0.25, 0.3) is 0 Å². The van der Waals surface area contributed by atoms with Gasteiger partial charge in [0.15, 0.2) is 0 Å². The van der Waals surface area contributed by atoms with E-state index < -0.39 is 0 Å². The zero-order chi connectivity index (χ0) is 15.2. The average molecular weight is 296 g/mol. The first kappa shape index (κ1) is 17.2. The third kappa shape index (κ3) is 4.94. The van der Waals surface area contributed by atoms with Gasteiger partial charge in [0.2, 0.25) is 0 Å². The van der Waals surface area contributed by atoms with Crippen LogP contribution >= 0.6 is 0 Å². The maximum Gasteiger partial charge on any atom is 0.0113 e. The highest BCUT2D eigenvalue weighted by atomic mass is 15.3. The standard InChI is InChI=1S/C18H37N3/c1-5-16(4)21-11-9-20(10-12-21)14-17-13-15(3)7-8-18(17)19-6-2/h15-19H,5-14H2,1-4H3. The van der Waals surface area contributed by atoms with Crippen LogP contribution in [0.15, 0.2) is 0 Å². The van der Waals surface area contributed by atoms with E-state index in [0.29, 0.717) is 0 Å². The zero-order valence-electron chi connectivity index (χ0n) is 14.8. The van der Waals surface area contributed by atoms with Crippen LogP contribution in [0.1, 0.15) is 53.4 Å². The molecule has 0 radical (unpaired) electrons. The third-order valence-corrected chi connectivity index (χ3v) is 5.82. The molecule has 0 bridgehead atoms. The molecule has 4 unspecified atom stereocenters. The van der Waals surface area contributed by atoms with Crippen molar-refractivity contribution in [2.45, 2.75) is 65.5 Å². The Bertz CT molecular complexity index is 286. The molecule has 3 heteroatoms. The molecule has 0 spiro atoms. The lowest BCUT2D eigenvalue weighted by atomic mass is 9.78. The Morgan fingerprint density at radius 2 is 1.81 bits per heavy atom. The van der Waals surface area contributed by atoms with Crippen molar-refractivity contribution in [3.63, 3.8) is 0 Å². The van der Waals surface area contributed by atoms with Gasteiger partial charge in [0.05, 0.1) is 0 Å². The van der Waals surface area contributed by atoms with Gasteiger partial charge < -0.3 is 10.2 Å². The number of nitrogens with zero attached hydrogens (tertiary/aromatic N) is 2. The fraction of sp³-hybridized carbons (Fsp3) is 1.00. The van der Waals surface area contributed by atoms with Crippen LogP contribution in [0.5, 0.6) is 0 Å². The van der Waals surface area contributed by atoms with Crippen LogP contribution < -0.4 is 5.32 Å². The van der Waals surface area contributed by atoms with Crippen LogP contribution in [-0.4, -0.2) is 61.2 Å². The molecular weight excluding hydrogens is 258 g/mol. The Labute approximate surface area is 132 Å². The van der Waals surface area contributed by atoms with Gasteiger partial charge >= 0.3 is 0 Å². The van der Waals surface area contributed by atoms with E-state index in [0.717, 1.165) is 30.5 Å². The summed E-state index contributed by atoms with van der Waals surface area (Å²) in [4.78, 5) is 5.40. The van der Waals surface area contributed by atoms with Gasteiger partial charge in [0, 0.05) is 44.8 Å². The number of nitrogens with one attached hydrogen (secondary N) is 1. The predicted molar refractivity (Wildman–Crippen MR) is 91.7 cm³/mol. The van der Waals surface area contributed by atoms with E-state index in [-0.39, 0.29) is 0 Å². The van der Waals surface area contributed by atoms with E-state index in [4.69, 9.17) is 0 Å². The van der Waals surface area contributed by atoms with Crippen LogP contribution in [-0.2, 0) is 0 Å². The van der Waals surface area contributed by atoms with Crippen molar-refractivity contribution in [2.24, 2.45) is 11.8 Å². The normalized spacial score (nSPS) is 34.0. The average Bonchev–Trinajstić information content (AvgIpc) is 2.50. The summed E-state index contributed by atoms with van der Waals surface area (Å²) in [6, 6.07) is 1.52. The molecule has 3 nitrogen and oxygen atoms in total. The molecule has 1 saturated heterocycles. The molecule has 124 valence electrons. The first-order chi connectivity index (χ1) is 10.1. The minimum atomic E-state index is 0.761. The molecule has 21 heavy (non-hydrogen) atoms. The Kier molecular flexibility index (Phi) is 6.97. The van der Waals surface area contributed by atoms with E-state index in [1.54, 1.807) is 0 Å². The van der Waals surface area contributed by atoms with Crippen molar-refractivity contribution in [1.29, 1.82) is 0 Å². The molecule has 1 saturated carbocycles. The smallest absolute Gasteiger partial charge is 0.0113 e. The van der Waals surface area contributed by atoms with E-state index in [1.165, 1.54) is 58.4 Å². The van der Waals surface area contributed by atoms with Crippen molar-refractivity contribution >= 4 is 0 Å².